The van der Waals surface area contributed by atoms with Crippen LogP contribution in [0.2, 0.25) is 0 Å². The number of nitriles is 1. The third kappa shape index (κ3) is 3.20. The van der Waals surface area contributed by atoms with Gasteiger partial charge in [0.2, 0.25) is 10.0 Å². The minimum absolute atomic E-state index is 0.155. The second-order valence-electron chi connectivity index (χ2n) is 2.84. The molecule has 0 saturated heterocycles. The highest BCUT2D eigenvalue weighted by Gasteiger charge is 2.23. The van der Waals surface area contributed by atoms with Crippen molar-refractivity contribution in [3.8, 4) is 6.07 Å². The van der Waals surface area contributed by atoms with Gasteiger partial charge in [-0.15, -0.1) is 0 Å². The summed E-state index contributed by atoms with van der Waals surface area (Å²) in [6.07, 6.45) is 0.318. The van der Waals surface area contributed by atoms with Crippen LogP contribution >= 0.6 is 0 Å². The van der Waals surface area contributed by atoms with Crippen molar-refractivity contribution in [3.05, 3.63) is 0 Å². The van der Waals surface area contributed by atoms with Gasteiger partial charge in [-0.25, -0.2) is 13.1 Å². The summed E-state index contributed by atoms with van der Waals surface area (Å²) in [7, 11) is -3.43. The lowest BCUT2D eigenvalue weighted by molar-refractivity contribution is 0.561. The fourth-order valence-electron chi connectivity index (χ4n) is 0.791. The minimum atomic E-state index is -3.43. The molecule has 1 unspecified atom stereocenters. The third-order valence-electron chi connectivity index (χ3n) is 1.29. The molecule has 0 rings (SSSR count). The summed E-state index contributed by atoms with van der Waals surface area (Å²) in [4.78, 5) is 0. The molecule has 0 radical (unpaired) electrons. The number of hydrogen-bond acceptors (Lipinski definition) is 3. The Labute approximate surface area is 73.6 Å². The van der Waals surface area contributed by atoms with Crippen molar-refractivity contribution in [2.45, 2.75) is 38.5 Å². The van der Waals surface area contributed by atoms with Crippen LogP contribution in [0.3, 0.4) is 0 Å². The molecule has 0 heterocycles. The van der Waals surface area contributed by atoms with Crippen LogP contribution in [-0.4, -0.2) is 19.7 Å². The number of sulfonamides is 1. The average molecular weight is 190 g/mol. The van der Waals surface area contributed by atoms with Gasteiger partial charge in [0.25, 0.3) is 0 Å². The van der Waals surface area contributed by atoms with E-state index in [4.69, 9.17) is 5.26 Å². The van der Waals surface area contributed by atoms with E-state index in [2.05, 4.69) is 4.72 Å². The Morgan fingerprint density at radius 2 is 2.00 bits per heavy atom. The summed E-state index contributed by atoms with van der Waals surface area (Å²) in [6.45, 7) is 5.12. The Hall–Kier alpha value is -0.600. The van der Waals surface area contributed by atoms with Gasteiger partial charge in [0.1, 0.15) is 0 Å². The first-order valence-corrected chi connectivity index (χ1v) is 5.39. The van der Waals surface area contributed by atoms with E-state index >= 15 is 0 Å². The predicted octanol–water partition coefficient (Wildman–Crippen LogP) is 0.616. The molecule has 0 fully saturated rings. The van der Waals surface area contributed by atoms with Crippen LogP contribution < -0.4 is 4.72 Å². The molecule has 0 aromatic carbocycles. The number of rotatable bonds is 4. The minimum Gasteiger partial charge on any atom is -0.212 e. The largest absolute Gasteiger partial charge is 0.228 e. The summed E-state index contributed by atoms with van der Waals surface area (Å²) >= 11 is 0. The highest BCUT2D eigenvalue weighted by atomic mass is 32.2. The standard InChI is InChI=1S/C7H14N2O2S/c1-4-7(5-8)12(10,11)9-6(2)3/h6-7,9H,4H2,1-3H3. The fraction of sp³-hybridized carbons (Fsp3) is 0.857. The lowest BCUT2D eigenvalue weighted by atomic mass is 10.4. The highest BCUT2D eigenvalue weighted by Crippen LogP contribution is 2.03. The Kier molecular flexibility index (Phi) is 4.21. The SMILES string of the molecule is CCC(C#N)S(=O)(=O)NC(C)C. The molecule has 12 heavy (non-hydrogen) atoms. The molecule has 0 aliphatic rings. The fourth-order valence-corrected chi connectivity index (χ4v) is 2.19. The van der Waals surface area contributed by atoms with E-state index in [1.807, 2.05) is 0 Å². The average Bonchev–Trinajstić information content (AvgIpc) is 1.85. The topological polar surface area (TPSA) is 70.0 Å². The monoisotopic (exact) mass is 190 g/mol. The maximum atomic E-state index is 11.3. The zero-order valence-electron chi connectivity index (χ0n) is 7.53. The number of nitrogens with zero attached hydrogens (tertiary/aromatic N) is 1. The summed E-state index contributed by atoms with van der Waals surface area (Å²) in [5.41, 5.74) is 0. The third-order valence-corrected chi connectivity index (χ3v) is 3.28. The van der Waals surface area contributed by atoms with Gasteiger partial charge in [-0.3, -0.25) is 0 Å². The summed E-state index contributed by atoms with van der Waals surface area (Å²) in [5.74, 6) is 0. The Morgan fingerprint density at radius 3 is 2.25 bits per heavy atom. The zero-order valence-corrected chi connectivity index (χ0v) is 8.35. The molecule has 5 heteroatoms. The normalized spacial score (nSPS) is 14.2. The van der Waals surface area contributed by atoms with Gasteiger partial charge in [0.15, 0.2) is 5.25 Å². The molecule has 0 aliphatic heterocycles. The van der Waals surface area contributed by atoms with Crippen molar-refractivity contribution < 1.29 is 8.42 Å². The van der Waals surface area contributed by atoms with Gasteiger partial charge in [0, 0.05) is 6.04 Å². The van der Waals surface area contributed by atoms with Gasteiger partial charge >= 0.3 is 0 Å². The zero-order chi connectivity index (χ0) is 9.78. The molecule has 0 bridgehead atoms. The molecule has 4 nitrogen and oxygen atoms in total. The van der Waals surface area contributed by atoms with Crippen molar-refractivity contribution in [3.63, 3.8) is 0 Å². The maximum absolute atomic E-state index is 11.3. The van der Waals surface area contributed by atoms with Crippen molar-refractivity contribution in [1.82, 2.24) is 4.72 Å². The van der Waals surface area contributed by atoms with Gasteiger partial charge < -0.3 is 0 Å². The van der Waals surface area contributed by atoms with Crippen molar-refractivity contribution in [2.75, 3.05) is 0 Å². The van der Waals surface area contributed by atoms with Crippen LogP contribution in [0.15, 0.2) is 0 Å². The molecule has 0 aromatic rings. The molecule has 0 amide bonds. The van der Waals surface area contributed by atoms with Gasteiger partial charge in [-0.2, -0.15) is 5.26 Å². The van der Waals surface area contributed by atoms with Crippen LogP contribution in [-0.2, 0) is 10.0 Å². The second-order valence-corrected chi connectivity index (χ2v) is 4.74. The summed E-state index contributed by atoms with van der Waals surface area (Å²) < 4.78 is 24.9. The van der Waals surface area contributed by atoms with E-state index in [9.17, 15) is 8.42 Å². The summed E-state index contributed by atoms with van der Waals surface area (Å²) in [5, 5.41) is 7.57. The highest BCUT2D eigenvalue weighted by molar-refractivity contribution is 7.90. The van der Waals surface area contributed by atoms with Crippen LogP contribution in [0.25, 0.3) is 0 Å². The first-order valence-electron chi connectivity index (χ1n) is 3.84. The molecule has 70 valence electrons. The first-order chi connectivity index (χ1) is 5.44. The van der Waals surface area contributed by atoms with Crippen LogP contribution in [0.4, 0.5) is 0 Å². The van der Waals surface area contributed by atoms with Crippen molar-refractivity contribution in [1.29, 1.82) is 5.26 Å². The first kappa shape index (κ1) is 11.4. The van der Waals surface area contributed by atoms with Gasteiger partial charge in [0.05, 0.1) is 6.07 Å². The lowest BCUT2D eigenvalue weighted by Gasteiger charge is -2.11. The smallest absolute Gasteiger partial charge is 0.212 e. The van der Waals surface area contributed by atoms with Crippen molar-refractivity contribution in [2.24, 2.45) is 0 Å². The number of nitrogens with one attached hydrogen (secondary N) is 1. The van der Waals surface area contributed by atoms with E-state index in [0.717, 1.165) is 0 Å². The molecule has 1 N–H and O–H groups in total. The number of hydrogen-bond donors (Lipinski definition) is 1. The van der Waals surface area contributed by atoms with Gasteiger partial charge in [-0.05, 0) is 20.3 Å². The maximum Gasteiger partial charge on any atom is 0.228 e. The van der Waals surface area contributed by atoms with Crippen LogP contribution in [0.1, 0.15) is 27.2 Å². The van der Waals surface area contributed by atoms with E-state index in [1.54, 1.807) is 26.8 Å². The van der Waals surface area contributed by atoms with Crippen LogP contribution in [0, 0.1) is 11.3 Å². The van der Waals surface area contributed by atoms with E-state index in [1.165, 1.54) is 0 Å². The second kappa shape index (κ2) is 4.43. The molecule has 0 saturated carbocycles. The Morgan fingerprint density at radius 1 is 1.50 bits per heavy atom. The van der Waals surface area contributed by atoms with E-state index < -0.39 is 15.3 Å². The van der Waals surface area contributed by atoms with E-state index in [0.29, 0.717) is 6.42 Å². The molecular formula is C7H14N2O2S. The quantitative estimate of drug-likeness (QED) is 0.706. The summed E-state index contributed by atoms with van der Waals surface area (Å²) in [6, 6.07) is 1.59. The Bertz CT molecular complexity index is 264. The van der Waals surface area contributed by atoms with E-state index in [-0.39, 0.29) is 6.04 Å². The molecule has 0 aliphatic carbocycles. The molecule has 1 atom stereocenters. The molecule has 0 aromatic heterocycles. The van der Waals surface area contributed by atoms with Gasteiger partial charge in [-0.1, -0.05) is 6.92 Å². The lowest BCUT2D eigenvalue weighted by Crippen LogP contribution is -2.37. The molecular weight excluding hydrogens is 176 g/mol. The predicted molar refractivity (Wildman–Crippen MR) is 46.9 cm³/mol. The van der Waals surface area contributed by atoms with Crippen LogP contribution in [0.5, 0.6) is 0 Å². The molecule has 0 spiro atoms. The van der Waals surface area contributed by atoms with Crippen molar-refractivity contribution >= 4 is 10.0 Å². The Balaban J connectivity index is 4.52.